The van der Waals surface area contributed by atoms with Crippen LogP contribution in [0.3, 0.4) is 0 Å². The first kappa shape index (κ1) is 13.2. The number of aromatic nitrogens is 1. The molecular formula is C15H19N3O. The van der Waals surface area contributed by atoms with Crippen molar-refractivity contribution in [1.82, 2.24) is 4.98 Å². The normalized spacial score (nSPS) is 10.2. The van der Waals surface area contributed by atoms with Crippen LogP contribution in [0.4, 0.5) is 17.2 Å². The van der Waals surface area contributed by atoms with E-state index in [1.54, 1.807) is 6.07 Å². The van der Waals surface area contributed by atoms with E-state index in [4.69, 9.17) is 10.5 Å². The topological polar surface area (TPSA) is 60.2 Å². The van der Waals surface area contributed by atoms with Crippen LogP contribution in [0.1, 0.15) is 18.9 Å². The van der Waals surface area contributed by atoms with Gasteiger partial charge < -0.3 is 15.8 Å². The van der Waals surface area contributed by atoms with Crippen molar-refractivity contribution in [2.24, 2.45) is 0 Å². The van der Waals surface area contributed by atoms with Gasteiger partial charge in [-0.3, -0.25) is 0 Å². The van der Waals surface area contributed by atoms with E-state index < -0.39 is 0 Å². The fraction of sp³-hybridized carbons (Fsp3) is 0.267. The summed E-state index contributed by atoms with van der Waals surface area (Å²) in [6.07, 6.45) is 0.927. The summed E-state index contributed by atoms with van der Waals surface area (Å²) in [5.41, 5.74) is 8.59. The molecule has 0 bridgehead atoms. The summed E-state index contributed by atoms with van der Waals surface area (Å²) in [5, 5.41) is 3.24. The first-order valence-corrected chi connectivity index (χ1v) is 6.42. The third-order valence-electron chi connectivity index (χ3n) is 2.62. The summed E-state index contributed by atoms with van der Waals surface area (Å²) in [6, 6.07) is 11.8. The van der Waals surface area contributed by atoms with Gasteiger partial charge in [-0.1, -0.05) is 19.1 Å². The Hall–Kier alpha value is -2.23. The molecule has 0 aliphatic heterocycles. The van der Waals surface area contributed by atoms with Crippen LogP contribution in [0.2, 0.25) is 0 Å². The van der Waals surface area contributed by atoms with Gasteiger partial charge >= 0.3 is 0 Å². The number of ether oxygens (including phenoxy) is 1. The lowest BCUT2D eigenvalue weighted by Crippen LogP contribution is -2.03. The molecule has 0 fully saturated rings. The molecule has 0 amide bonds. The summed E-state index contributed by atoms with van der Waals surface area (Å²) in [5.74, 6) is 1.21. The maximum atomic E-state index is 5.83. The van der Waals surface area contributed by atoms with Gasteiger partial charge in [-0.25, -0.2) is 0 Å². The van der Waals surface area contributed by atoms with Crippen molar-refractivity contribution in [3.63, 3.8) is 0 Å². The van der Waals surface area contributed by atoms with Gasteiger partial charge in [-0.2, -0.15) is 4.98 Å². The van der Waals surface area contributed by atoms with Crippen molar-refractivity contribution in [2.75, 3.05) is 17.7 Å². The molecule has 0 saturated heterocycles. The van der Waals surface area contributed by atoms with Crippen molar-refractivity contribution >= 4 is 17.2 Å². The average molecular weight is 257 g/mol. The first-order chi connectivity index (χ1) is 9.19. The van der Waals surface area contributed by atoms with Crippen molar-refractivity contribution in [2.45, 2.75) is 20.3 Å². The highest BCUT2D eigenvalue weighted by Crippen LogP contribution is 2.23. The molecule has 4 heteroatoms. The Labute approximate surface area is 113 Å². The molecule has 1 aromatic heterocycles. The average Bonchev–Trinajstić information content (AvgIpc) is 2.39. The molecule has 0 unspecified atom stereocenters. The molecule has 4 nitrogen and oxygen atoms in total. The number of nitrogens with zero attached hydrogens (tertiary/aromatic N) is 1. The lowest BCUT2D eigenvalue weighted by atomic mass is 10.2. The standard InChI is InChI=1S/C15H19N3O/c1-3-9-19-15-13(16)7-8-14(18-15)17-12-6-4-5-11(2)10-12/h4-8,10H,3,9,16H2,1-2H3,(H,17,18). The van der Waals surface area contributed by atoms with Gasteiger partial charge in [0.25, 0.3) is 0 Å². The number of hydrogen-bond acceptors (Lipinski definition) is 4. The Balaban J connectivity index is 2.16. The number of anilines is 3. The lowest BCUT2D eigenvalue weighted by molar-refractivity contribution is 0.307. The van der Waals surface area contributed by atoms with Crippen LogP contribution in [0.15, 0.2) is 36.4 Å². The molecule has 2 rings (SSSR count). The van der Waals surface area contributed by atoms with Crippen LogP contribution >= 0.6 is 0 Å². The van der Waals surface area contributed by atoms with Crippen molar-refractivity contribution in [3.8, 4) is 5.88 Å². The van der Waals surface area contributed by atoms with E-state index in [0.717, 1.165) is 17.9 Å². The second-order valence-corrected chi connectivity index (χ2v) is 4.43. The van der Waals surface area contributed by atoms with E-state index in [2.05, 4.69) is 29.4 Å². The molecule has 2 aromatic rings. The number of nitrogens with one attached hydrogen (secondary N) is 1. The SMILES string of the molecule is CCCOc1nc(Nc2cccc(C)c2)ccc1N. The van der Waals surface area contributed by atoms with Crippen molar-refractivity contribution in [3.05, 3.63) is 42.0 Å². The van der Waals surface area contributed by atoms with Gasteiger partial charge in [0.2, 0.25) is 5.88 Å². The third kappa shape index (κ3) is 3.61. The largest absolute Gasteiger partial charge is 0.476 e. The Bertz CT molecular complexity index is 555. The maximum Gasteiger partial charge on any atom is 0.239 e. The number of pyridine rings is 1. The quantitative estimate of drug-likeness (QED) is 0.860. The Morgan fingerprint density at radius 2 is 2.11 bits per heavy atom. The maximum absolute atomic E-state index is 5.83. The monoisotopic (exact) mass is 257 g/mol. The summed E-state index contributed by atoms with van der Waals surface area (Å²) in [6.45, 7) is 4.72. The molecule has 100 valence electrons. The predicted octanol–water partition coefficient (Wildman–Crippen LogP) is 3.50. The number of nitrogens with two attached hydrogens (primary N) is 1. The lowest BCUT2D eigenvalue weighted by Gasteiger charge is -2.10. The zero-order valence-electron chi connectivity index (χ0n) is 11.3. The molecule has 0 spiro atoms. The number of benzene rings is 1. The molecule has 0 saturated carbocycles. The van der Waals surface area contributed by atoms with E-state index in [0.29, 0.717) is 18.2 Å². The molecule has 1 aromatic carbocycles. The van der Waals surface area contributed by atoms with Crippen LogP contribution in [-0.2, 0) is 0 Å². The minimum atomic E-state index is 0.486. The molecule has 19 heavy (non-hydrogen) atoms. The second-order valence-electron chi connectivity index (χ2n) is 4.43. The zero-order valence-corrected chi connectivity index (χ0v) is 11.3. The highest BCUT2D eigenvalue weighted by molar-refractivity contribution is 5.61. The van der Waals surface area contributed by atoms with Crippen molar-refractivity contribution in [1.29, 1.82) is 0 Å². The number of hydrogen-bond donors (Lipinski definition) is 2. The highest BCUT2D eigenvalue weighted by atomic mass is 16.5. The number of nitrogen functional groups attached to an aromatic ring is 1. The fourth-order valence-electron chi connectivity index (χ4n) is 1.71. The molecule has 3 N–H and O–H groups in total. The molecule has 0 atom stereocenters. The van der Waals surface area contributed by atoms with Gasteiger partial charge in [0, 0.05) is 5.69 Å². The van der Waals surface area contributed by atoms with Crippen LogP contribution in [0.5, 0.6) is 5.88 Å². The Morgan fingerprint density at radius 1 is 1.26 bits per heavy atom. The molecule has 0 aliphatic rings. The number of aryl methyl sites for hydroxylation is 1. The van der Waals surface area contributed by atoms with Gasteiger partial charge in [-0.05, 0) is 43.2 Å². The van der Waals surface area contributed by atoms with Gasteiger partial charge in [0.1, 0.15) is 5.82 Å². The Morgan fingerprint density at radius 3 is 2.84 bits per heavy atom. The minimum Gasteiger partial charge on any atom is -0.476 e. The second kappa shape index (κ2) is 6.09. The summed E-state index contributed by atoms with van der Waals surface area (Å²) < 4.78 is 5.51. The van der Waals surface area contributed by atoms with Gasteiger partial charge in [0.05, 0.1) is 12.3 Å². The first-order valence-electron chi connectivity index (χ1n) is 6.42. The number of rotatable bonds is 5. The highest BCUT2D eigenvalue weighted by Gasteiger charge is 2.04. The van der Waals surface area contributed by atoms with Crippen LogP contribution in [-0.4, -0.2) is 11.6 Å². The fourth-order valence-corrected chi connectivity index (χ4v) is 1.71. The van der Waals surface area contributed by atoms with E-state index in [1.807, 2.05) is 25.1 Å². The van der Waals surface area contributed by atoms with Gasteiger partial charge in [-0.15, -0.1) is 0 Å². The Kier molecular flexibility index (Phi) is 4.23. The molecule has 1 heterocycles. The third-order valence-corrected chi connectivity index (χ3v) is 2.62. The summed E-state index contributed by atoms with van der Waals surface area (Å²) in [4.78, 5) is 4.38. The summed E-state index contributed by atoms with van der Waals surface area (Å²) >= 11 is 0. The van der Waals surface area contributed by atoms with Crippen LogP contribution in [0.25, 0.3) is 0 Å². The van der Waals surface area contributed by atoms with E-state index in [-0.39, 0.29) is 0 Å². The summed E-state index contributed by atoms with van der Waals surface area (Å²) in [7, 11) is 0. The predicted molar refractivity (Wildman–Crippen MR) is 78.9 cm³/mol. The molecule has 0 aliphatic carbocycles. The zero-order chi connectivity index (χ0) is 13.7. The molecular weight excluding hydrogens is 238 g/mol. The molecule has 0 radical (unpaired) electrons. The van der Waals surface area contributed by atoms with Crippen LogP contribution < -0.4 is 15.8 Å². The van der Waals surface area contributed by atoms with E-state index >= 15 is 0 Å². The smallest absolute Gasteiger partial charge is 0.239 e. The minimum absolute atomic E-state index is 0.486. The van der Waals surface area contributed by atoms with E-state index in [9.17, 15) is 0 Å². The van der Waals surface area contributed by atoms with E-state index in [1.165, 1.54) is 5.56 Å². The van der Waals surface area contributed by atoms with Crippen molar-refractivity contribution < 1.29 is 4.74 Å². The van der Waals surface area contributed by atoms with Crippen LogP contribution in [0, 0.1) is 6.92 Å². The van der Waals surface area contributed by atoms with Gasteiger partial charge in [0.15, 0.2) is 0 Å².